The van der Waals surface area contributed by atoms with Crippen molar-refractivity contribution in [3.63, 3.8) is 0 Å². The van der Waals surface area contributed by atoms with Crippen LogP contribution < -0.4 is 5.32 Å². The fraction of sp³-hybridized carbons (Fsp3) is 0.857. The molecule has 0 bridgehead atoms. The largest absolute Gasteiger partial charge is 0.355 e. The first kappa shape index (κ1) is 9.76. The minimum absolute atomic E-state index is 0.0740. The van der Waals surface area contributed by atoms with Crippen LogP contribution in [0.3, 0.4) is 0 Å². The van der Waals surface area contributed by atoms with Gasteiger partial charge in [-0.05, 0) is 13.3 Å². The van der Waals surface area contributed by atoms with Gasteiger partial charge in [0.25, 0.3) is 0 Å². The molecule has 0 rings (SSSR count). The molecule has 0 saturated carbocycles. The van der Waals surface area contributed by atoms with Gasteiger partial charge in [0, 0.05) is 6.54 Å². The minimum atomic E-state index is -0.406. The third-order valence-electron chi connectivity index (χ3n) is 1.19. The highest BCUT2D eigenvalue weighted by Gasteiger charge is 2.06. The van der Waals surface area contributed by atoms with Gasteiger partial charge in [0.15, 0.2) is 0 Å². The molecule has 0 aromatic heterocycles. The molecular formula is C7H14ClNO. The van der Waals surface area contributed by atoms with E-state index >= 15 is 0 Å². The van der Waals surface area contributed by atoms with Crippen LogP contribution in [0.5, 0.6) is 0 Å². The second-order valence-corrected chi connectivity index (χ2v) is 2.92. The Labute approximate surface area is 66.9 Å². The third kappa shape index (κ3) is 4.62. The summed E-state index contributed by atoms with van der Waals surface area (Å²) in [5.41, 5.74) is 0. The lowest BCUT2D eigenvalue weighted by molar-refractivity contribution is -0.120. The van der Waals surface area contributed by atoms with E-state index < -0.39 is 5.38 Å². The fourth-order valence-corrected chi connectivity index (χ4v) is 0.606. The average molecular weight is 164 g/mol. The Hall–Kier alpha value is -0.240. The number of hydrogen-bond donors (Lipinski definition) is 1. The number of alkyl halides is 1. The zero-order chi connectivity index (χ0) is 7.98. The number of carbonyl (C=O) groups excluding carboxylic acids is 1. The topological polar surface area (TPSA) is 29.1 Å². The molecule has 10 heavy (non-hydrogen) atoms. The van der Waals surface area contributed by atoms with E-state index in [4.69, 9.17) is 11.6 Å². The van der Waals surface area contributed by atoms with Crippen molar-refractivity contribution in [1.29, 1.82) is 0 Å². The number of amides is 1. The number of halogens is 1. The first-order valence-corrected chi connectivity index (χ1v) is 4.04. The zero-order valence-electron chi connectivity index (χ0n) is 6.48. The maximum absolute atomic E-state index is 10.8. The smallest absolute Gasteiger partial charge is 0.237 e. The molecule has 0 aliphatic carbocycles. The van der Waals surface area contributed by atoms with Gasteiger partial charge in [-0.15, -0.1) is 11.6 Å². The molecule has 1 amide bonds. The van der Waals surface area contributed by atoms with E-state index in [9.17, 15) is 4.79 Å². The number of hydrogen-bond acceptors (Lipinski definition) is 1. The van der Waals surface area contributed by atoms with Crippen LogP contribution in [0.4, 0.5) is 0 Å². The first-order valence-electron chi connectivity index (χ1n) is 3.60. The van der Waals surface area contributed by atoms with Gasteiger partial charge < -0.3 is 5.32 Å². The molecule has 60 valence electrons. The predicted molar refractivity (Wildman–Crippen MR) is 43.2 cm³/mol. The summed E-state index contributed by atoms with van der Waals surface area (Å²) in [6.07, 6.45) is 2.12. The fourth-order valence-electron chi connectivity index (χ4n) is 0.529. The van der Waals surface area contributed by atoms with Gasteiger partial charge in [0.1, 0.15) is 5.38 Å². The predicted octanol–water partition coefficient (Wildman–Crippen LogP) is 1.53. The van der Waals surface area contributed by atoms with Crippen molar-refractivity contribution in [3.05, 3.63) is 0 Å². The van der Waals surface area contributed by atoms with Gasteiger partial charge in [0.2, 0.25) is 5.91 Å². The molecule has 2 nitrogen and oxygen atoms in total. The molecular weight excluding hydrogens is 150 g/mol. The Morgan fingerprint density at radius 2 is 2.30 bits per heavy atom. The monoisotopic (exact) mass is 163 g/mol. The summed E-state index contributed by atoms with van der Waals surface area (Å²) in [5.74, 6) is -0.0740. The van der Waals surface area contributed by atoms with Crippen molar-refractivity contribution >= 4 is 17.5 Å². The molecule has 0 heterocycles. The molecule has 3 heteroatoms. The van der Waals surface area contributed by atoms with Gasteiger partial charge in [-0.3, -0.25) is 4.79 Å². The van der Waals surface area contributed by atoms with Crippen LogP contribution in [0, 0.1) is 0 Å². The molecule has 0 aromatic carbocycles. The maximum atomic E-state index is 10.8. The van der Waals surface area contributed by atoms with Crippen LogP contribution in [0.1, 0.15) is 26.7 Å². The van der Waals surface area contributed by atoms with E-state index in [1.54, 1.807) is 6.92 Å². The Balaban J connectivity index is 3.22. The summed E-state index contributed by atoms with van der Waals surface area (Å²) < 4.78 is 0. The van der Waals surface area contributed by atoms with Crippen LogP contribution in [-0.2, 0) is 4.79 Å². The lowest BCUT2D eigenvalue weighted by Gasteiger charge is -2.03. The van der Waals surface area contributed by atoms with Crippen LogP contribution in [0.25, 0.3) is 0 Å². The molecule has 0 fully saturated rings. The molecule has 0 aliphatic rings. The summed E-state index contributed by atoms with van der Waals surface area (Å²) in [7, 11) is 0. The lowest BCUT2D eigenvalue weighted by Crippen LogP contribution is -2.30. The van der Waals surface area contributed by atoms with Crippen molar-refractivity contribution in [2.24, 2.45) is 0 Å². The van der Waals surface area contributed by atoms with Crippen LogP contribution in [0.15, 0.2) is 0 Å². The van der Waals surface area contributed by atoms with Crippen molar-refractivity contribution in [3.8, 4) is 0 Å². The third-order valence-corrected chi connectivity index (χ3v) is 1.39. The van der Waals surface area contributed by atoms with E-state index in [1.807, 2.05) is 0 Å². The highest BCUT2D eigenvalue weighted by molar-refractivity contribution is 6.30. The van der Waals surface area contributed by atoms with Gasteiger partial charge in [0.05, 0.1) is 0 Å². The van der Waals surface area contributed by atoms with E-state index in [2.05, 4.69) is 12.2 Å². The summed E-state index contributed by atoms with van der Waals surface area (Å²) in [4.78, 5) is 10.8. The number of unbranched alkanes of at least 4 members (excludes halogenated alkanes) is 1. The van der Waals surface area contributed by atoms with Crippen molar-refractivity contribution < 1.29 is 4.79 Å². The second-order valence-electron chi connectivity index (χ2n) is 2.26. The minimum Gasteiger partial charge on any atom is -0.355 e. The number of nitrogens with one attached hydrogen (secondary N) is 1. The van der Waals surface area contributed by atoms with Crippen LogP contribution in [0.2, 0.25) is 0 Å². The van der Waals surface area contributed by atoms with Gasteiger partial charge in [-0.2, -0.15) is 0 Å². The Kier molecular flexibility index (Phi) is 5.40. The quantitative estimate of drug-likeness (QED) is 0.494. The van der Waals surface area contributed by atoms with E-state index in [0.717, 1.165) is 19.4 Å². The maximum Gasteiger partial charge on any atom is 0.237 e. The second kappa shape index (κ2) is 5.54. The Bertz CT molecular complexity index is 104. The molecule has 0 unspecified atom stereocenters. The molecule has 1 atom stereocenters. The Morgan fingerprint density at radius 1 is 1.70 bits per heavy atom. The number of carbonyl (C=O) groups is 1. The molecule has 0 spiro atoms. The van der Waals surface area contributed by atoms with Gasteiger partial charge in [-0.1, -0.05) is 13.3 Å². The van der Waals surface area contributed by atoms with E-state index in [-0.39, 0.29) is 5.91 Å². The standard InChI is InChI=1S/C7H14ClNO/c1-3-4-5-9-7(10)6(2)8/h6H,3-5H2,1-2H3,(H,9,10)/t6-/m0/s1. The van der Waals surface area contributed by atoms with Crippen LogP contribution in [-0.4, -0.2) is 17.8 Å². The van der Waals surface area contributed by atoms with Gasteiger partial charge >= 0.3 is 0 Å². The molecule has 0 aromatic rings. The first-order chi connectivity index (χ1) is 4.68. The summed E-state index contributed by atoms with van der Waals surface area (Å²) in [6.45, 7) is 4.49. The average Bonchev–Trinajstić information content (AvgIpc) is 1.88. The summed E-state index contributed by atoms with van der Waals surface area (Å²) in [6, 6.07) is 0. The Morgan fingerprint density at radius 3 is 2.70 bits per heavy atom. The lowest BCUT2D eigenvalue weighted by atomic mass is 10.3. The van der Waals surface area contributed by atoms with Crippen molar-refractivity contribution in [2.45, 2.75) is 32.1 Å². The van der Waals surface area contributed by atoms with E-state index in [1.165, 1.54) is 0 Å². The molecule has 0 radical (unpaired) electrons. The normalized spacial score (nSPS) is 12.7. The van der Waals surface area contributed by atoms with Gasteiger partial charge in [-0.25, -0.2) is 0 Å². The summed E-state index contributed by atoms with van der Waals surface area (Å²) in [5, 5.41) is 2.31. The number of rotatable bonds is 4. The van der Waals surface area contributed by atoms with Crippen molar-refractivity contribution in [1.82, 2.24) is 5.32 Å². The molecule has 0 aliphatic heterocycles. The zero-order valence-corrected chi connectivity index (χ0v) is 7.24. The SMILES string of the molecule is CCCCNC(=O)[C@H](C)Cl. The van der Waals surface area contributed by atoms with Crippen LogP contribution >= 0.6 is 11.6 Å². The van der Waals surface area contributed by atoms with E-state index in [0.29, 0.717) is 0 Å². The summed E-state index contributed by atoms with van der Waals surface area (Å²) >= 11 is 5.50. The molecule has 0 saturated heterocycles. The highest BCUT2D eigenvalue weighted by atomic mass is 35.5. The van der Waals surface area contributed by atoms with Crippen molar-refractivity contribution in [2.75, 3.05) is 6.54 Å². The molecule has 1 N–H and O–H groups in total. The highest BCUT2D eigenvalue weighted by Crippen LogP contribution is 1.92.